The van der Waals surface area contributed by atoms with Crippen LogP contribution in [0.25, 0.3) is 0 Å². The summed E-state index contributed by atoms with van der Waals surface area (Å²) in [7, 11) is 0. The number of anilines is 1. The molecule has 6 heteroatoms. The first-order valence-corrected chi connectivity index (χ1v) is 9.47. The van der Waals surface area contributed by atoms with E-state index in [1.807, 2.05) is 18.3 Å². The number of pyridine rings is 1. The molecular formula is C19H29N3O3. The molecule has 0 bridgehead atoms. The average molecular weight is 347 g/mol. The fraction of sp³-hybridized carbons (Fsp3) is 0.684. The van der Waals surface area contributed by atoms with Crippen molar-refractivity contribution in [1.29, 1.82) is 0 Å². The monoisotopic (exact) mass is 347 g/mol. The van der Waals surface area contributed by atoms with Gasteiger partial charge in [0.15, 0.2) is 0 Å². The number of carbonyl (C=O) groups excluding carboxylic acids is 1. The Balaban J connectivity index is 1.50. The third kappa shape index (κ3) is 5.16. The van der Waals surface area contributed by atoms with Gasteiger partial charge in [-0.2, -0.15) is 0 Å². The molecular weight excluding hydrogens is 318 g/mol. The van der Waals surface area contributed by atoms with E-state index in [2.05, 4.69) is 15.2 Å². The molecule has 2 saturated heterocycles. The molecule has 3 heterocycles. The van der Waals surface area contributed by atoms with Crippen molar-refractivity contribution in [3.8, 4) is 0 Å². The van der Waals surface area contributed by atoms with Crippen LogP contribution in [0.4, 0.5) is 5.82 Å². The normalized spacial score (nSPS) is 23.6. The number of aromatic nitrogens is 1. The molecule has 0 spiro atoms. The molecule has 3 rings (SSSR count). The maximum atomic E-state index is 12.0. The number of hydrogen-bond donors (Lipinski definition) is 2. The molecule has 25 heavy (non-hydrogen) atoms. The van der Waals surface area contributed by atoms with E-state index in [0.29, 0.717) is 19.0 Å². The van der Waals surface area contributed by atoms with Gasteiger partial charge in [-0.05, 0) is 50.2 Å². The van der Waals surface area contributed by atoms with Crippen LogP contribution in [0.3, 0.4) is 0 Å². The number of aliphatic hydroxyl groups excluding tert-OH is 1. The fourth-order valence-electron chi connectivity index (χ4n) is 3.73. The number of nitrogens with one attached hydrogen (secondary N) is 1. The van der Waals surface area contributed by atoms with E-state index >= 15 is 0 Å². The number of hydrogen-bond acceptors (Lipinski definition) is 5. The lowest BCUT2D eigenvalue weighted by atomic mass is 9.99. The molecule has 0 radical (unpaired) electrons. The molecule has 0 aliphatic carbocycles. The maximum absolute atomic E-state index is 12.0. The zero-order valence-electron chi connectivity index (χ0n) is 14.8. The van der Waals surface area contributed by atoms with E-state index in [4.69, 9.17) is 4.74 Å². The van der Waals surface area contributed by atoms with Gasteiger partial charge in [0.1, 0.15) is 5.82 Å². The number of rotatable bonds is 7. The molecule has 2 aliphatic heterocycles. The molecule has 1 amide bonds. The summed E-state index contributed by atoms with van der Waals surface area (Å²) in [6.45, 7) is 2.49. The van der Waals surface area contributed by atoms with Gasteiger partial charge in [-0.1, -0.05) is 6.07 Å². The fourth-order valence-corrected chi connectivity index (χ4v) is 3.73. The third-order valence-electron chi connectivity index (χ3n) is 5.12. The van der Waals surface area contributed by atoms with Gasteiger partial charge in [-0.25, -0.2) is 4.98 Å². The Hall–Kier alpha value is -1.66. The Morgan fingerprint density at radius 2 is 2.24 bits per heavy atom. The summed E-state index contributed by atoms with van der Waals surface area (Å²) in [5.41, 5.74) is 1.00. The molecule has 0 aromatic carbocycles. The van der Waals surface area contributed by atoms with Crippen LogP contribution in [0.5, 0.6) is 0 Å². The summed E-state index contributed by atoms with van der Waals surface area (Å²) in [6.07, 6.45) is 8.70. The zero-order chi connectivity index (χ0) is 17.5. The summed E-state index contributed by atoms with van der Waals surface area (Å²) in [6, 6.07) is 4.43. The lowest BCUT2D eigenvalue weighted by Crippen LogP contribution is -2.40. The highest BCUT2D eigenvalue weighted by Gasteiger charge is 2.23. The Labute approximate surface area is 149 Å². The molecule has 6 nitrogen and oxygen atoms in total. The summed E-state index contributed by atoms with van der Waals surface area (Å²) >= 11 is 0. The first-order chi connectivity index (χ1) is 12.3. The van der Waals surface area contributed by atoms with Crippen LogP contribution in [0.1, 0.15) is 50.5 Å². The lowest BCUT2D eigenvalue weighted by molar-refractivity contribution is -0.123. The summed E-state index contributed by atoms with van der Waals surface area (Å²) < 4.78 is 5.49. The van der Waals surface area contributed by atoms with Gasteiger partial charge in [-0.3, -0.25) is 4.79 Å². The smallest absolute Gasteiger partial charge is 0.222 e. The predicted molar refractivity (Wildman–Crippen MR) is 96.4 cm³/mol. The molecule has 2 fully saturated rings. The van der Waals surface area contributed by atoms with Gasteiger partial charge in [0.05, 0.1) is 12.5 Å². The van der Waals surface area contributed by atoms with Crippen molar-refractivity contribution < 1.29 is 14.6 Å². The van der Waals surface area contributed by atoms with Crippen molar-refractivity contribution in [2.24, 2.45) is 0 Å². The number of nitrogens with zero attached hydrogens (tertiary/aromatic N) is 2. The van der Waals surface area contributed by atoms with Crippen molar-refractivity contribution in [3.05, 3.63) is 23.9 Å². The second-order valence-electron chi connectivity index (χ2n) is 7.00. The SMILES string of the molecule is O=C(C[C@H]1CCCO1)NCc1ccc(N2CCCC[C@@H]2CCO)nc1. The van der Waals surface area contributed by atoms with Gasteiger partial charge in [0.25, 0.3) is 0 Å². The molecule has 1 aromatic heterocycles. The molecule has 2 atom stereocenters. The Morgan fingerprint density at radius 1 is 1.32 bits per heavy atom. The average Bonchev–Trinajstić information content (AvgIpc) is 3.14. The molecule has 138 valence electrons. The van der Waals surface area contributed by atoms with Gasteiger partial charge in [0.2, 0.25) is 5.91 Å². The van der Waals surface area contributed by atoms with E-state index in [1.54, 1.807) is 0 Å². The summed E-state index contributed by atoms with van der Waals surface area (Å²) in [5, 5.41) is 12.2. The molecule has 2 N–H and O–H groups in total. The molecule has 0 saturated carbocycles. The minimum atomic E-state index is 0.0371. The largest absolute Gasteiger partial charge is 0.396 e. The van der Waals surface area contributed by atoms with Crippen molar-refractivity contribution in [2.75, 3.05) is 24.7 Å². The molecule has 2 aliphatic rings. The van der Waals surface area contributed by atoms with Crippen LogP contribution in [-0.2, 0) is 16.1 Å². The van der Waals surface area contributed by atoms with E-state index in [-0.39, 0.29) is 18.6 Å². The number of carbonyl (C=O) groups is 1. The van der Waals surface area contributed by atoms with E-state index < -0.39 is 0 Å². The topological polar surface area (TPSA) is 74.7 Å². The zero-order valence-corrected chi connectivity index (χ0v) is 14.8. The summed E-state index contributed by atoms with van der Waals surface area (Å²) in [4.78, 5) is 18.8. The number of amides is 1. The number of ether oxygens (including phenoxy) is 1. The second-order valence-corrected chi connectivity index (χ2v) is 7.00. The summed E-state index contributed by atoms with van der Waals surface area (Å²) in [5.74, 6) is 1.00. The van der Waals surface area contributed by atoms with Crippen LogP contribution in [0, 0.1) is 0 Å². The first-order valence-electron chi connectivity index (χ1n) is 9.47. The lowest BCUT2D eigenvalue weighted by Gasteiger charge is -2.36. The van der Waals surface area contributed by atoms with Crippen LogP contribution >= 0.6 is 0 Å². The number of aliphatic hydroxyl groups is 1. The van der Waals surface area contributed by atoms with Crippen molar-refractivity contribution >= 4 is 11.7 Å². The highest BCUT2D eigenvalue weighted by atomic mass is 16.5. The maximum Gasteiger partial charge on any atom is 0.222 e. The van der Waals surface area contributed by atoms with Gasteiger partial charge < -0.3 is 20.1 Å². The van der Waals surface area contributed by atoms with Crippen molar-refractivity contribution in [2.45, 2.75) is 63.6 Å². The quantitative estimate of drug-likeness (QED) is 0.789. The number of piperidine rings is 1. The van der Waals surface area contributed by atoms with Gasteiger partial charge in [-0.15, -0.1) is 0 Å². The standard InChI is InChI=1S/C19H29N3O3/c23-10-8-16-4-1-2-9-22(16)18-7-6-15(13-20-18)14-21-19(24)12-17-5-3-11-25-17/h6-7,13,16-17,23H,1-5,8-12,14H2,(H,21,24)/t16-,17-/m1/s1. The molecule has 1 aromatic rings. The Bertz CT molecular complexity index is 541. The third-order valence-corrected chi connectivity index (χ3v) is 5.12. The van der Waals surface area contributed by atoms with Crippen LogP contribution in [0.15, 0.2) is 18.3 Å². The first kappa shape index (κ1) is 18.1. The van der Waals surface area contributed by atoms with Gasteiger partial charge in [0, 0.05) is 38.5 Å². The van der Waals surface area contributed by atoms with Crippen LogP contribution in [-0.4, -0.2) is 47.9 Å². The van der Waals surface area contributed by atoms with Gasteiger partial charge >= 0.3 is 0 Å². The van der Waals surface area contributed by atoms with Crippen LogP contribution in [0.2, 0.25) is 0 Å². The van der Waals surface area contributed by atoms with Crippen molar-refractivity contribution in [3.63, 3.8) is 0 Å². The minimum Gasteiger partial charge on any atom is -0.396 e. The van der Waals surface area contributed by atoms with E-state index in [0.717, 1.165) is 50.2 Å². The van der Waals surface area contributed by atoms with Crippen molar-refractivity contribution in [1.82, 2.24) is 10.3 Å². The highest BCUT2D eigenvalue weighted by molar-refractivity contribution is 5.76. The Kier molecular flexibility index (Phi) is 6.64. The van der Waals surface area contributed by atoms with Crippen LogP contribution < -0.4 is 10.2 Å². The Morgan fingerprint density at radius 3 is 2.96 bits per heavy atom. The predicted octanol–water partition coefficient (Wildman–Crippen LogP) is 2.01. The highest BCUT2D eigenvalue weighted by Crippen LogP contribution is 2.25. The molecule has 0 unspecified atom stereocenters. The second kappa shape index (κ2) is 9.15. The van der Waals surface area contributed by atoms with E-state index in [9.17, 15) is 9.90 Å². The minimum absolute atomic E-state index is 0.0371. The van der Waals surface area contributed by atoms with E-state index in [1.165, 1.54) is 12.8 Å².